The van der Waals surface area contributed by atoms with E-state index in [0.29, 0.717) is 5.82 Å². The lowest BCUT2D eigenvalue weighted by atomic mass is 10.3. The van der Waals surface area contributed by atoms with Crippen LogP contribution >= 0.6 is 15.9 Å². The molecule has 0 radical (unpaired) electrons. The molecule has 66 valence electrons. The van der Waals surface area contributed by atoms with E-state index in [9.17, 15) is 0 Å². The van der Waals surface area contributed by atoms with Gasteiger partial charge in [-0.1, -0.05) is 6.07 Å². The summed E-state index contributed by atoms with van der Waals surface area (Å²) in [5.41, 5.74) is 7.18. The number of aromatic amines is 1. The highest BCUT2D eigenvalue weighted by Gasteiger charge is 2.09. The van der Waals surface area contributed by atoms with E-state index < -0.39 is 0 Å². The standard InChI is InChI=1S/C8H7BrN4/c9-6-7(12-13-8(6)10)5-3-1-2-4-11-5/h1-4H,(H3,10,12,13). The Balaban J connectivity index is 2.53. The van der Waals surface area contributed by atoms with Crippen LogP contribution in [0.25, 0.3) is 11.4 Å². The van der Waals surface area contributed by atoms with Crippen molar-refractivity contribution < 1.29 is 0 Å². The minimum atomic E-state index is 0.445. The zero-order chi connectivity index (χ0) is 9.26. The summed E-state index contributed by atoms with van der Waals surface area (Å²) in [5.74, 6) is 0.445. The molecule has 2 heterocycles. The minimum Gasteiger partial charge on any atom is -0.381 e. The van der Waals surface area contributed by atoms with E-state index in [1.165, 1.54) is 0 Å². The second kappa shape index (κ2) is 3.18. The van der Waals surface area contributed by atoms with Gasteiger partial charge >= 0.3 is 0 Å². The number of rotatable bonds is 1. The molecule has 0 saturated heterocycles. The molecule has 0 amide bonds. The summed E-state index contributed by atoms with van der Waals surface area (Å²) in [4.78, 5) is 4.17. The maximum Gasteiger partial charge on any atom is 0.160 e. The zero-order valence-corrected chi connectivity index (χ0v) is 8.25. The van der Waals surface area contributed by atoms with Gasteiger partial charge in [-0.15, -0.1) is 0 Å². The molecular weight excluding hydrogens is 232 g/mol. The third-order valence-electron chi connectivity index (χ3n) is 1.65. The maximum atomic E-state index is 5.56. The molecule has 0 aliphatic carbocycles. The lowest BCUT2D eigenvalue weighted by molar-refractivity contribution is 1.09. The van der Waals surface area contributed by atoms with Gasteiger partial charge in [-0.05, 0) is 28.1 Å². The lowest BCUT2D eigenvalue weighted by Gasteiger charge is -1.95. The molecule has 2 aromatic rings. The summed E-state index contributed by atoms with van der Waals surface area (Å²) in [6.07, 6.45) is 1.72. The van der Waals surface area contributed by atoms with Crippen LogP contribution in [-0.2, 0) is 0 Å². The van der Waals surface area contributed by atoms with Crippen molar-refractivity contribution in [1.82, 2.24) is 15.2 Å². The van der Waals surface area contributed by atoms with Crippen molar-refractivity contribution in [3.8, 4) is 11.4 Å². The van der Waals surface area contributed by atoms with Crippen LogP contribution in [0.3, 0.4) is 0 Å². The van der Waals surface area contributed by atoms with Crippen molar-refractivity contribution in [2.45, 2.75) is 0 Å². The lowest BCUT2D eigenvalue weighted by Crippen LogP contribution is -1.84. The molecule has 0 aliphatic heterocycles. The number of nitrogens with two attached hydrogens (primary N) is 1. The second-order valence-corrected chi connectivity index (χ2v) is 3.31. The number of nitrogen functional groups attached to an aromatic ring is 1. The molecule has 5 heteroatoms. The molecule has 13 heavy (non-hydrogen) atoms. The number of pyridine rings is 1. The van der Waals surface area contributed by atoms with Crippen molar-refractivity contribution in [3.63, 3.8) is 0 Å². The van der Waals surface area contributed by atoms with Crippen LogP contribution in [-0.4, -0.2) is 15.2 Å². The number of nitrogens with one attached hydrogen (secondary N) is 1. The van der Waals surface area contributed by atoms with Gasteiger partial charge in [0.25, 0.3) is 0 Å². The molecule has 0 spiro atoms. The number of hydrogen-bond donors (Lipinski definition) is 2. The van der Waals surface area contributed by atoms with E-state index in [-0.39, 0.29) is 0 Å². The fraction of sp³-hybridized carbons (Fsp3) is 0. The third kappa shape index (κ3) is 1.42. The minimum absolute atomic E-state index is 0.445. The SMILES string of the molecule is Nc1n[nH]c(-c2ccccn2)c1Br. The summed E-state index contributed by atoms with van der Waals surface area (Å²) in [6, 6.07) is 5.65. The highest BCUT2D eigenvalue weighted by molar-refractivity contribution is 9.10. The zero-order valence-electron chi connectivity index (χ0n) is 6.66. The quantitative estimate of drug-likeness (QED) is 0.797. The van der Waals surface area contributed by atoms with Gasteiger partial charge in [0.15, 0.2) is 5.82 Å². The molecule has 3 N–H and O–H groups in total. The van der Waals surface area contributed by atoms with Gasteiger partial charge in [0, 0.05) is 6.20 Å². The smallest absolute Gasteiger partial charge is 0.160 e. The number of aromatic nitrogens is 3. The van der Waals surface area contributed by atoms with E-state index in [1.54, 1.807) is 6.20 Å². The molecule has 0 bridgehead atoms. The fourth-order valence-electron chi connectivity index (χ4n) is 1.02. The summed E-state index contributed by atoms with van der Waals surface area (Å²) in [7, 11) is 0. The number of nitrogens with zero attached hydrogens (tertiary/aromatic N) is 2. The van der Waals surface area contributed by atoms with Crippen molar-refractivity contribution in [1.29, 1.82) is 0 Å². The highest BCUT2D eigenvalue weighted by Crippen LogP contribution is 2.28. The van der Waals surface area contributed by atoms with Crippen molar-refractivity contribution in [3.05, 3.63) is 28.9 Å². The van der Waals surface area contributed by atoms with Gasteiger partial charge in [-0.2, -0.15) is 5.10 Å². The number of hydrogen-bond acceptors (Lipinski definition) is 3. The molecule has 2 rings (SSSR count). The first kappa shape index (κ1) is 8.25. The number of halogens is 1. The summed E-state index contributed by atoms with van der Waals surface area (Å²) >= 11 is 3.33. The summed E-state index contributed by atoms with van der Waals surface area (Å²) in [5, 5.41) is 6.66. The monoisotopic (exact) mass is 238 g/mol. The summed E-state index contributed by atoms with van der Waals surface area (Å²) in [6.45, 7) is 0. The Kier molecular flexibility index (Phi) is 2.02. The van der Waals surface area contributed by atoms with Gasteiger partial charge in [0.2, 0.25) is 0 Å². The van der Waals surface area contributed by atoms with Crippen molar-refractivity contribution in [2.24, 2.45) is 0 Å². The van der Waals surface area contributed by atoms with Gasteiger partial charge < -0.3 is 5.73 Å². The van der Waals surface area contributed by atoms with Gasteiger partial charge in [0.05, 0.1) is 15.9 Å². The van der Waals surface area contributed by atoms with E-state index in [0.717, 1.165) is 15.9 Å². The average molecular weight is 239 g/mol. The van der Waals surface area contributed by atoms with Gasteiger partial charge in [-0.25, -0.2) is 0 Å². The largest absolute Gasteiger partial charge is 0.381 e. The Morgan fingerprint density at radius 1 is 1.38 bits per heavy atom. The van der Waals surface area contributed by atoms with Crippen LogP contribution in [0.4, 0.5) is 5.82 Å². The van der Waals surface area contributed by atoms with Crippen LogP contribution in [0.5, 0.6) is 0 Å². The van der Waals surface area contributed by atoms with Crippen LogP contribution < -0.4 is 5.73 Å². The van der Waals surface area contributed by atoms with Gasteiger partial charge in [-0.3, -0.25) is 10.1 Å². The Morgan fingerprint density at radius 3 is 2.77 bits per heavy atom. The molecule has 0 saturated carbocycles. The Bertz CT molecular complexity index is 409. The first-order chi connectivity index (χ1) is 6.29. The molecule has 0 aromatic carbocycles. The molecule has 0 atom stereocenters. The first-order valence-corrected chi connectivity index (χ1v) is 4.49. The maximum absolute atomic E-state index is 5.56. The Hall–Kier alpha value is -1.36. The second-order valence-electron chi connectivity index (χ2n) is 2.51. The van der Waals surface area contributed by atoms with E-state index >= 15 is 0 Å². The van der Waals surface area contributed by atoms with Crippen LogP contribution in [0.15, 0.2) is 28.9 Å². The van der Waals surface area contributed by atoms with Crippen molar-refractivity contribution in [2.75, 3.05) is 5.73 Å². The van der Waals surface area contributed by atoms with Crippen molar-refractivity contribution >= 4 is 21.7 Å². The molecule has 2 aromatic heterocycles. The van der Waals surface area contributed by atoms with E-state index in [1.807, 2.05) is 18.2 Å². The van der Waals surface area contributed by atoms with E-state index in [4.69, 9.17) is 5.73 Å². The average Bonchev–Trinajstić information content (AvgIpc) is 2.49. The normalized spacial score (nSPS) is 10.2. The van der Waals surface area contributed by atoms with Crippen LogP contribution in [0.1, 0.15) is 0 Å². The van der Waals surface area contributed by atoms with Gasteiger partial charge in [0.1, 0.15) is 0 Å². The molecule has 0 unspecified atom stereocenters. The predicted molar refractivity (Wildman–Crippen MR) is 53.9 cm³/mol. The third-order valence-corrected chi connectivity index (χ3v) is 2.46. The molecule has 0 aliphatic rings. The van der Waals surface area contributed by atoms with E-state index in [2.05, 4.69) is 31.1 Å². The molecule has 0 fully saturated rings. The van der Waals surface area contributed by atoms with Crippen LogP contribution in [0, 0.1) is 0 Å². The molecular formula is C8H7BrN4. The topological polar surface area (TPSA) is 67.6 Å². The van der Waals surface area contributed by atoms with Crippen LogP contribution in [0.2, 0.25) is 0 Å². The summed E-state index contributed by atoms with van der Waals surface area (Å²) < 4.78 is 0.756. The number of anilines is 1. The first-order valence-electron chi connectivity index (χ1n) is 3.70. The Morgan fingerprint density at radius 2 is 2.23 bits per heavy atom. The Labute approximate surface area is 83.3 Å². The predicted octanol–water partition coefficient (Wildman–Crippen LogP) is 1.82. The number of H-pyrrole nitrogens is 1. The fourth-order valence-corrected chi connectivity index (χ4v) is 1.40. The highest BCUT2D eigenvalue weighted by atomic mass is 79.9. The molecule has 4 nitrogen and oxygen atoms in total.